The molecule has 4 aliphatic rings. The fraction of sp³-hybridized carbons (Fsp3) is 0.880. The van der Waals surface area contributed by atoms with Crippen molar-refractivity contribution in [2.24, 2.45) is 11.8 Å². The standard InChI is InChI=1S/C25H44N3O6P/c1-5-17(3)21-23(29)32-35(26-21,27-22(18(4)6-2)24(30)33-35)34-25(31)28(19-13-9-7-10-14-19)20-15-11-8-12-16-20/h17-22,26-27H,5-16H2,1-4H3. The molecule has 200 valence electrons. The molecule has 1 amide bonds. The SMILES string of the molecule is CCC(C)C1NP2(OC(=O)N(C3CCCCC3)C3CCCCC3)(NC(C(C)CC)C(=O)O2)OC1=O. The summed E-state index contributed by atoms with van der Waals surface area (Å²) in [5.41, 5.74) is 0. The number of hydrogen-bond acceptors (Lipinski definition) is 8. The Morgan fingerprint density at radius 1 is 0.857 bits per heavy atom. The molecule has 4 atom stereocenters. The van der Waals surface area contributed by atoms with E-state index in [1.807, 2.05) is 32.6 Å². The first-order valence-electron chi connectivity index (χ1n) is 13.8. The van der Waals surface area contributed by atoms with Crippen molar-refractivity contribution in [3.63, 3.8) is 0 Å². The fourth-order valence-corrected chi connectivity index (χ4v) is 9.41. The van der Waals surface area contributed by atoms with Gasteiger partial charge in [0.15, 0.2) is 0 Å². The summed E-state index contributed by atoms with van der Waals surface area (Å²) in [6.45, 7) is 7.82. The van der Waals surface area contributed by atoms with Crippen LogP contribution in [0.25, 0.3) is 0 Å². The van der Waals surface area contributed by atoms with Crippen molar-refractivity contribution in [1.82, 2.24) is 15.1 Å². The van der Waals surface area contributed by atoms with Crippen LogP contribution in [0.2, 0.25) is 0 Å². The number of carbonyl (C=O) groups is 3. The van der Waals surface area contributed by atoms with Gasteiger partial charge in [-0.25, -0.2) is 0 Å². The summed E-state index contributed by atoms with van der Waals surface area (Å²) in [5.74, 6) is -1.26. The second-order valence-electron chi connectivity index (χ2n) is 11.0. The first-order chi connectivity index (χ1) is 16.7. The third kappa shape index (κ3) is 5.19. The Hall–Kier alpha value is -1.44. The molecule has 2 aliphatic carbocycles. The topological polar surface area (TPSA) is 106 Å². The maximum absolute atomic E-state index is 14.0. The second-order valence-corrected chi connectivity index (χ2v) is 13.9. The van der Waals surface area contributed by atoms with Crippen LogP contribution in [0.1, 0.15) is 105 Å². The Morgan fingerprint density at radius 2 is 1.26 bits per heavy atom. The zero-order valence-corrected chi connectivity index (χ0v) is 22.7. The van der Waals surface area contributed by atoms with E-state index < -0.39 is 37.7 Å². The van der Waals surface area contributed by atoms with Gasteiger partial charge in [0.1, 0.15) is 0 Å². The second kappa shape index (κ2) is 10.5. The minimum atomic E-state index is -4.78. The molecule has 1 spiro atoms. The van der Waals surface area contributed by atoms with E-state index in [4.69, 9.17) is 13.6 Å². The summed E-state index contributed by atoms with van der Waals surface area (Å²) in [5, 5.41) is 6.29. The van der Waals surface area contributed by atoms with Gasteiger partial charge in [-0.15, -0.1) is 0 Å². The van der Waals surface area contributed by atoms with Crippen LogP contribution < -0.4 is 10.2 Å². The molecule has 0 bridgehead atoms. The average molecular weight is 514 g/mol. The summed E-state index contributed by atoms with van der Waals surface area (Å²) >= 11 is 0. The van der Waals surface area contributed by atoms with Gasteiger partial charge in [-0.3, -0.25) is 0 Å². The molecule has 10 heteroatoms. The average Bonchev–Trinajstić information content (AvgIpc) is 3.31. The van der Waals surface area contributed by atoms with Crippen LogP contribution in [-0.2, 0) is 23.2 Å². The first kappa shape index (κ1) is 26.6. The molecule has 9 nitrogen and oxygen atoms in total. The normalized spacial score (nSPS) is 31.7. The number of nitrogens with one attached hydrogen (secondary N) is 2. The molecule has 2 heterocycles. The molecule has 2 saturated carbocycles. The van der Waals surface area contributed by atoms with Crippen molar-refractivity contribution in [2.75, 3.05) is 0 Å². The van der Waals surface area contributed by atoms with Gasteiger partial charge in [0.2, 0.25) is 0 Å². The molecule has 2 N–H and O–H groups in total. The van der Waals surface area contributed by atoms with Crippen LogP contribution in [0.3, 0.4) is 0 Å². The molecule has 4 rings (SSSR count). The van der Waals surface area contributed by atoms with E-state index in [9.17, 15) is 14.4 Å². The van der Waals surface area contributed by atoms with E-state index in [1.165, 1.54) is 12.8 Å². The summed E-state index contributed by atoms with van der Waals surface area (Å²) in [6, 6.07) is -1.27. The molecule has 4 fully saturated rings. The molecule has 2 saturated heterocycles. The predicted molar refractivity (Wildman–Crippen MR) is 134 cm³/mol. The van der Waals surface area contributed by atoms with E-state index in [2.05, 4.69) is 10.2 Å². The van der Waals surface area contributed by atoms with Crippen LogP contribution in [0, 0.1) is 11.8 Å². The molecule has 35 heavy (non-hydrogen) atoms. The fourth-order valence-electron chi connectivity index (χ4n) is 5.97. The molecule has 0 aromatic heterocycles. The summed E-state index contributed by atoms with van der Waals surface area (Å²) < 4.78 is 18.0. The van der Waals surface area contributed by atoms with Crippen molar-refractivity contribution in [2.45, 2.75) is 129 Å². The zero-order chi connectivity index (χ0) is 25.2. The molecule has 0 radical (unpaired) electrons. The summed E-state index contributed by atoms with van der Waals surface area (Å²) in [7, 11) is -4.78. The number of carbonyl (C=O) groups excluding carboxylic acids is 3. The van der Waals surface area contributed by atoms with E-state index in [-0.39, 0.29) is 23.9 Å². The number of rotatable bonds is 7. The Morgan fingerprint density at radius 3 is 1.63 bits per heavy atom. The van der Waals surface area contributed by atoms with Crippen LogP contribution in [0.5, 0.6) is 0 Å². The number of nitrogens with zero attached hydrogens (tertiary/aromatic N) is 1. The van der Waals surface area contributed by atoms with Crippen LogP contribution in [0.15, 0.2) is 0 Å². The minimum absolute atomic E-state index is 0.0846. The number of hydrogen-bond donors (Lipinski definition) is 2. The Labute approximate surface area is 209 Å². The van der Waals surface area contributed by atoms with Gasteiger partial charge in [0.25, 0.3) is 0 Å². The van der Waals surface area contributed by atoms with Gasteiger partial charge < -0.3 is 0 Å². The van der Waals surface area contributed by atoms with Gasteiger partial charge in [-0.1, -0.05) is 0 Å². The predicted octanol–water partition coefficient (Wildman–Crippen LogP) is 5.34. The van der Waals surface area contributed by atoms with Crippen LogP contribution in [-0.4, -0.2) is 47.1 Å². The van der Waals surface area contributed by atoms with E-state index in [0.29, 0.717) is 12.8 Å². The monoisotopic (exact) mass is 513 g/mol. The summed E-state index contributed by atoms with van der Waals surface area (Å²) in [4.78, 5) is 42.1. The third-order valence-corrected chi connectivity index (χ3v) is 11.5. The zero-order valence-electron chi connectivity index (χ0n) is 21.8. The van der Waals surface area contributed by atoms with Gasteiger partial charge in [0.05, 0.1) is 0 Å². The van der Waals surface area contributed by atoms with E-state index in [0.717, 1.165) is 51.4 Å². The van der Waals surface area contributed by atoms with E-state index >= 15 is 0 Å². The third-order valence-electron chi connectivity index (χ3n) is 8.56. The van der Waals surface area contributed by atoms with Crippen molar-refractivity contribution < 1.29 is 28.0 Å². The van der Waals surface area contributed by atoms with Crippen molar-refractivity contribution in [1.29, 1.82) is 0 Å². The Balaban J connectivity index is 1.67. The van der Waals surface area contributed by atoms with Crippen LogP contribution >= 0.6 is 7.59 Å². The van der Waals surface area contributed by atoms with Gasteiger partial charge >= 0.3 is 209 Å². The van der Waals surface area contributed by atoms with Crippen molar-refractivity contribution in [3.05, 3.63) is 0 Å². The summed E-state index contributed by atoms with van der Waals surface area (Å²) in [6.07, 6.45) is 11.3. The van der Waals surface area contributed by atoms with Gasteiger partial charge in [0, 0.05) is 0 Å². The van der Waals surface area contributed by atoms with Gasteiger partial charge in [-0.05, 0) is 0 Å². The molecule has 0 aromatic carbocycles. The Kier molecular flexibility index (Phi) is 7.99. The molecular formula is C25H44N3O6P. The van der Waals surface area contributed by atoms with Crippen molar-refractivity contribution >= 4 is 25.6 Å². The number of amides is 1. The van der Waals surface area contributed by atoms with Crippen LogP contribution in [0.4, 0.5) is 4.79 Å². The molecular weight excluding hydrogens is 469 g/mol. The van der Waals surface area contributed by atoms with E-state index in [1.54, 1.807) is 0 Å². The molecule has 4 unspecified atom stereocenters. The van der Waals surface area contributed by atoms with Crippen molar-refractivity contribution in [3.8, 4) is 0 Å². The Bertz CT molecular complexity index is 757. The quantitative estimate of drug-likeness (QED) is 0.440. The molecule has 2 aliphatic heterocycles. The van der Waals surface area contributed by atoms with Gasteiger partial charge in [-0.2, -0.15) is 0 Å². The first-order valence-corrected chi connectivity index (χ1v) is 15.8. The maximum atomic E-state index is 14.0. The molecule has 0 aromatic rings.